The van der Waals surface area contributed by atoms with Crippen molar-refractivity contribution in [3.05, 3.63) is 120 Å². The number of thiophene rings is 1. The van der Waals surface area contributed by atoms with E-state index in [0.29, 0.717) is 4.70 Å². The molecule has 0 aliphatic rings. The zero-order valence-corrected chi connectivity index (χ0v) is 20.1. The molecule has 4 aromatic carbocycles. The van der Waals surface area contributed by atoms with Gasteiger partial charge in [0.1, 0.15) is 4.70 Å². The second-order valence-electron chi connectivity index (χ2n) is 8.46. The fourth-order valence-electron chi connectivity index (χ4n) is 4.57. The Kier molecular flexibility index (Phi) is 4.65. The number of benzene rings is 4. The molecule has 3 nitrogen and oxygen atoms in total. The molecule has 0 saturated heterocycles. The van der Waals surface area contributed by atoms with Crippen molar-refractivity contribution in [1.82, 2.24) is 9.38 Å². The van der Waals surface area contributed by atoms with Crippen LogP contribution in [0.2, 0.25) is 0 Å². The first-order valence-corrected chi connectivity index (χ1v) is 13.0. The van der Waals surface area contributed by atoms with Gasteiger partial charge in [-0.2, -0.15) is 0 Å². The van der Waals surface area contributed by atoms with Crippen molar-refractivity contribution in [3.8, 4) is 32.7 Å². The number of aromatic nitrogens is 2. The lowest BCUT2D eigenvalue weighted by atomic mass is 9.95. The number of thiazole rings is 1. The maximum absolute atomic E-state index is 13.5. The van der Waals surface area contributed by atoms with Crippen molar-refractivity contribution < 1.29 is 0 Å². The standard InChI is InChI=1S/C30H18N2OS2/c33-29-28-24(31-30-32(29)25-13-7-8-14-26(25)35-30)18-27(34-28)23-16-21(19-9-3-1-4-10-19)15-22(17-23)20-11-5-2-6-12-20/h1-18H. The van der Waals surface area contributed by atoms with Gasteiger partial charge in [0.05, 0.1) is 15.7 Å². The molecule has 5 heteroatoms. The van der Waals surface area contributed by atoms with Gasteiger partial charge >= 0.3 is 0 Å². The summed E-state index contributed by atoms with van der Waals surface area (Å²) < 4.78 is 3.50. The molecule has 0 bridgehead atoms. The van der Waals surface area contributed by atoms with Crippen molar-refractivity contribution in [2.75, 3.05) is 0 Å². The second-order valence-corrected chi connectivity index (χ2v) is 10.5. The van der Waals surface area contributed by atoms with E-state index in [1.807, 2.05) is 36.4 Å². The van der Waals surface area contributed by atoms with Crippen LogP contribution in [0.15, 0.2) is 114 Å². The van der Waals surface area contributed by atoms with Crippen LogP contribution in [0, 0.1) is 0 Å². The van der Waals surface area contributed by atoms with Crippen LogP contribution in [-0.4, -0.2) is 9.38 Å². The molecule has 7 rings (SSSR count). The third kappa shape index (κ3) is 3.40. The smallest absolute Gasteiger partial charge is 0.267 e. The summed E-state index contributed by atoms with van der Waals surface area (Å²) in [5.41, 5.74) is 7.39. The van der Waals surface area contributed by atoms with Gasteiger partial charge in [-0.3, -0.25) is 4.79 Å². The minimum absolute atomic E-state index is 0.00111. The zero-order valence-electron chi connectivity index (χ0n) is 18.5. The minimum Gasteiger partial charge on any atom is -0.267 e. The van der Waals surface area contributed by atoms with Gasteiger partial charge in [0.2, 0.25) is 0 Å². The summed E-state index contributed by atoms with van der Waals surface area (Å²) >= 11 is 3.07. The average Bonchev–Trinajstić information content (AvgIpc) is 3.51. The summed E-state index contributed by atoms with van der Waals surface area (Å²) in [6.45, 7) is 0. The molecule has 35 heavy (non-hydrogen) atoms. The van der Waals surface area contributed by atoms with Gasteiger partial charge in [-0.15, -0.1) is 11.3 Å². The molecular weight excluding hydrogens is 468 g/mol. The van der Waals surface area contributed by atoms with Crippen LogP contribution in [0.25, 0.3) is 58.1 Å². The fraction of sp³-hybridized carbons (Fsp3) is 0. The highest BCUT2D eigenvalue weighted by Gasteiger charge is 2.16. The van der Waals surface area contributed by atoms with Gasteiger partial charge in [0, 0.05) is 4.88 Å². The van der Waals surface area contributed by atoms with Crippen LogP contribution in [-0.2, 0) is 0 Å². The summed E-state index contributed by atoms with van der Waals surface area (Å²) in [4.78, 5) is 20.2. The Hall–Kier alpha value is -4.06. The number of rotatable bonds is 3. The lowest BCUT2D eigenvalue weighted by Crippen LogP contribution is -2.11. The highest BCUT2D eigenvalue weighted by atomic mass is 32.1. The monoisotopic (exact) mass is 486 g/mol. The van der Waals surface area contributed by atoms with E-state index in [-0.39, 0.29) is 5.56 Å². The van der Waals surface area contributed by atoms with Gasteiger partial charge in [0.15, 0.2) is 4.96 Å². The molecule has 0 spiro atoms. The molecule has 0 N–H and O–H groups in total. The molecule has 0 aliphatic heterocycles. The van der Waals surface area contributed by atoms with Crippen molar-refractivity contribution in [1.29, 1.82) is 0 Å². The summed E-state index contributed by atoms with van der Waals surface area (Å²) in [5.74, 6) is 0. The maximum atomic E-state index is 13.5. The molecular formula is C30H18N2OS2. The van der Waals surface area contributed by atoms with Gasteiger partial charge in [-0.05, 0) is 64.2 Å². The van der Waals surface area contributed by atoms with Crippen molar-refractivity contribution in [2.45, 2.75) is 0 Å². The summed E-state index contributed by atoms with van der Waals surface area (Å²) in [5, 5.41) is 0. The molecule has 0 atom stereocenters. The van der Waals surface area contributed by atoms with Crippen LogP contribution in [0.1, 0.15) is 0 Å². The van der Waals surface area contributed by atoms with Crippen LogP contribution >= 0.6 is 22.7 Å². The first kappa shape index (κ1) is 20.3. The third-order valence-electron chi connectivity index (χ3n) is 6.26. The average molecular weight is 487 g/mol. The highest BCUT2D eigenvalue weighted by Crippen LogP contribution is 2.37. The normalized spacial score (nSPS) is 11.5. The molecule has 0 saturated carbocycles. The van der Waals surface area contributed by atoms with Crippen LogP contribution in [0.5, 0.6) is 0 Å². The molecule has 7 aromatic rings. The molecule has 0 fully saturated rings. The topological polar surface area (TPSA) is 34.4 Å². The molecule has 0 radical (unpaired) electrons. The summed E-state index contributed by atoms with van der Waals surface area (Å²) in [6.07, 6.45) is 0. The van der Waals surface area contributed by atoms with Gasteiger partial charge in [-0.1, -0.05) is 84.1 Å². The maximum Gasteiger partial charge on any atom is 0.277 e. The quantitative estimate of drug-likeness (QED) is 0.253. The lowest BCUT2D eigenvalue weighted by Gasteiger charge is -2.10. The summed E-state index contributed by atoms with van der Waals surface area (Å²) in [6, 6.07) is 37.5. The molecule has 3 heterocycles. The Morgan fingerprint density at radius 2 is 1.20 bits per heavy atom. The van der Waals surface area contributed by atoms with Crippen LogP contribution < -0.4 is 5.56 Å². The molecule has 0 unspecified atom stereocenters. The Bertz CT molecular complexity index is 1860. The van der Waals surface area contributed by atoms with E-state index in [4.69, 9.17) is 4.98 Å². The number of hydrogen-bond donors (Lipinski definition) is 0. The predicted molar refractivity (Wildman–Crippen MR) is 149 cm³/mol. The van der Waals surface area contributed by atoms with E-state index in [9.17, 15) is 4.79 Å². The largest absolute Gasteiger partial charge is 0.277 e. The number of hydrogen-bond acceptors (Lipinski definition) is 4. The van der Waals surface area contributed by atoms with E-state index < -0.39 is 0 Å². The Morgan fingerprint density at radius 1 is 0.600 bits per heavy atom. The predicted octanol–water partition coefficient (Wildman–Crippen LogP) is 8.12. The first-order valence-electron chi connectivity index (χ1n) is 11.3. The highest BCUT2D eigenvalue weighted by molar-refractivity contribution is 7.24. The molecule has 166 valence electrons. The van der Waals surface area contributed by atoms with Gasteiger partial charge in [0.25, 0.3) is 5.56 Å². The van der Waals surface area contributed by atoms with Gasteiger partial charge < -0.3 is 0 Å². The third-order valence-corrected chi connectivity index (χ3v) is 8.44. The Morgan fingerprint density at radius 3 is 1.89 bits per heavy atom. The van der Waals surface area contributed by atoms with Crippen molar-refractivity contribution >= 4 is 48.1 Å². The Labute approximate surface area is 209 Å². The van der Waals surface area contributed by atoms with Crippen LogP contribution in [0.3, 0.4) is 0 Å². The number of para-hydroxylation sites is 1. The van der Waals surface area contributed by atoms with Crippen LogP contribution in [0.4, 0.5) is 0 Å². The molecule has 3 aromatic heterocycles. The summed E-state index contributed by atoms with van der Waals surface area (Å²) in [7, 11) is 0. The first-order chi connectivity index (χ1) is 17.2. The Balaban J connectivity index is 1.46. The minimum atomic E-state index is 0.00111. The van der Waals surface area contributed by atoms with E-state index in [0.717, 1.165) is 53.4 Å². The SMILES string of the molecule is O=c1c2sc(-c3cc(-c4ccccc4)cc(-c4ccccc4)c3)cc2nc2sc3ccccc3n12. The lowest BCUT2D eigenvalue weighted by molar-refractivity contribution is 1.17. The number of nitrogens with zero attached hydrogens (tertiary/aromatic N) is 2. The molecule has 0 aliphatic carbocycles. The van der Waals surface area contributed by atoms with E-state index >= 15 is 0 Å². The van der Waals surface area contributed by atoms with E-state index in [2.05, 4.69) is 72.8 Å². The van der Waals surface area contributed by atoms with E-state index in [1.54, 1.807) is 15.7 Å². The number of fused-ring (bicyclic) bond motifs is 4. The van der Waals surface area contributed by atoms with Crippen molar-refractivity contribution in [3.63, 3.8) is 0 Å². The zero-order chi connectivity index (χ0) is 23.4. The van der Waals surface area contributed by atoms with Gasteiger partial charge in [-0.25, -0.2) is 9.38 Å². The second kappa shape index (κ2) is 8.01. The fourth-order valence-corrected chi connectivity index (χ4v) is 6.61. The van der Waals surface area contributed by atoms with Crippen molar-refractivity contribution in [2.24, 2.45) is 0 Å². The van der Waals surface area contributed by atoms with E-state index in [1.165, 1.54) is 11.3 Å². The molecule has 0 amide bonds.